The van der Waals surface area contributed by atoms with Crippen LogP contribution in [0.2, 0.25) is 0 Å². The Morgan fingerprint density at radius 3 is 2.93 bits per heavy atom. The van der Waals surface area contributed by atoms with Crippen molar-refractivity contribution in [3.05, 3.63) is 16.1 Å². The fourth-order valence-corrected chi connectivity index (χ4v) is 1.95. The van der Waals surface area contributed by atoms with E-state index in [4.69, 9.17) is 5.73 Å². The molecule has 2 N–H and O–H groups in total. The van der Waals surface area contributed by atoms with Crippen LogP contribution in [0.5, 0.6) is 0 Å². The fraction of sp³-hybridized carbons (Fsp3) is 0.600. The highest BCUT2D eigenvalue weighted by atomic mass is 32.1. The summed E-state index contributed by atoms with van der Waals surface area (Å²) in [6.07, 6.45) is 2.26. The van der Waals surface area contributed by atoms with Crippen LogP contribution in [0.1, 0.15) is 17.1 Å². The third-order valence-corrected chi connectivity index (χ3v) is 2.98. The summed E-state index contributed by atoms with van der Waals surface area (Å²) in [7, 11) is 3.51. The van der Waals surface area contributed by atoms with Gasteiger partial charge in [0.05, 0.1) is 17.1 Å². The molecule has 1 aromatic rings. The van der Waals surface area contributed by atoms with Crippen molar-refractivity contribution in [2.45, 2.75) is 19.3 Å². The van der Waals surface area contributed by atoms with Crippen molar-refractivity contribution in [2.24, 2.45) is 5.73 Å². The van der Waals surface area contributed by atoms with E-state index >= 15 is 0 Å². The molecule has 1 heterocycles. The van der Waals surface area contributed by atoms with Gasteiger partial charge in [-0.15, -0.1) is 11.3 Å². The van der Waals surface area contributed by atoms with E-state index in [1.54, 1.807) is 30.3 Å². The Balaban J connectivity index is 2.49. The zero-order chi connectivity index (χ0) is 11.3. The highest BCUT2D eigenvalue weighted by molar-refractivity contribution is 7.09. The van der Waals surface area contributed by atoms with Crippen molar-refractivity contribution >= 4 is 17.2 Å². The van der Waals surface area contributed by atoms with E-state index in [2.05, 4.69) is 4.98 Å². The molecular formula is C10H17N3OS. The number of aryl methyl sites for hydroxylation is 1. The second kappa shape index (κ2) is 5.82. The van der Waals surface area contributed by atoms with Crippen molar-refractivity contribution in [3.8, 4) is 0 Å². The van der Waals surface area contributed by atoms with E-state index in [0.29, 0.717) is 13.0 Å². The lowest BCUT2D eigenvalue weighted by Gasteiger charge is -2.07. The van der Waals surface area contributed by atoms with Gasteiger partial charge in [0.25, 0.3) is 0 Å². The summed E-state index contributed by atoms with van der Waals surface area (Å²) in [5.41, 5.74) is 6.29. The smallest absolute Gasteiger partial charge is 0.228 e. The molecule has 0 spiro atoms. The molecule has 0 saturated heterocycles. The molecule has 84 valence electrons. The fourth-order valence-electron chi connectivity index (χ4n) is 1.11. The topological polar surface area (TPSA) is 59.2 Å². The molecule has 0 aliphatic carbocycles. The molecule has 15 heavy (non-hydrogen) atoms. The van der Waals surface area contributed by atoms with Gasteiger partial charge in [0.1, 0.15) is 0 Å². The van der Waals surface area contributed by atoms with Crippen molar-refractivity contribution < 1.29 is 4.79 Å². The molecule has 0 saturated carbocycles. The first kappa shape index (κ1) is 12.1. The molecule has 5 heteroatoms. The third kappa shape index (κ3) is 3.97. The van der Waals surface area contributed by atoms with Gasteiger partial charge >= 0.3 is 0 Å². The number of nitrogens with two attached hydrogens (primary N) is 1. The van der Waals surface area contributed by atoms with Gasteiger partial charge in [-0.25, -0.2) is 4.98 Å². The number of amides is 1. The Kier molecular flexibility index (Phi) is 4.71. The summed E-state index contributed by atoms with van der Waals surface area (Å²) >= 11 is 1.61. The van der Waals surface area contributed by atoms with Crippen LogP contribution in [-0.2, 0) is 17.6 Å². The van der Waals surface area contributed by atoms with Gasteiger partial charge in [-0.1, -0.05) is 0 Å². The van der Waals surface area contributed by atoms with Crippen LogP contribution >= 0.6 is 11.3 Å². The van der Waals surface area contributed by atoms with E-state index in [-0.39, 0.29) is 5.91 Å². The van der Waals surface area contributed by atoms with Crippen LogP contribution in [0.25, 0.3) is 0 Å². The van der Waals surface area contributed by atoms with E-state index in [1.807, 2.05) is 5.38 Å². The van der Waals surface area contributed by atoms with Gasteiger partial charge < -0.3 is 10.6 Å². The molecule has 0 fully saturated rings. The first-order valence-corrected chi connectivity index (χ1v) is 5.85. The molecule has 1 rings (SSSR count). The van der Waals surface area contributed by atoms with Gasteiger partial charge in [-0.3, -0.25) is 4.79 Å². The number of nitrogens with zero attached hydrogens (tertiary/aromatic N) is 2. The van der Waals surface area contributed by atoms with Crippen molar-refractivity contribution in [1.82, 2.24) is 9.88 Å². The molecule has 1 aromatic heterocycles. The summed E-state index contributed by atoms with van der Waals surface area (Å²) < 4.78 is 0. The van der Waals surface area contributed by atoms with Crippen molar-refractivity contribution in [2.75, 3.05) is 20.6 Å². The van der Waals surface area contributed by atoms with Crippen LogP contribution in [0.15, 0.2) is 5.38 Å². The summed E-state index contributed by atoms with van der Waals surface area (Å²) in [4.78, 5) is 17.4. The lowest BCUT2D eigenvalue weighted by atomic mass is 10.3. The highest BCUT2D eigenvalue weighted by Gasteiger charge is 2.08. The predicted octanol–water partition coefficient (Wildman–Crippen LogP) is 0.665. The minimum absolute atomic E-state index is 0.0886. The lowest BCUT2D eigenvalue weighted by Crippen LogP contribution is -2.23. The largest absolute Gasteiger partial charge is 0.348 e. The minimum atomic E-state index is 0.0886. The number of thiazole rings is 1. The summed E-state index contributed by atoms with van der Waals surface area (Å²) in [6, 6.07) is 0. The predicted molar refractivity (Wildman–Crippen MR) is 61.9 cm³/mol. The lowest BCUT2D eigenvalue weighted by molar-refractivity contribution is -0.128. The zero-order valence-electron chi connectivity index (χ0n) is 9.19. The Morgan fingerprint density at radius 1 is 1.60 bits per heavy atom. The van der Waals surface area contributed by atoms with E-state index in [9.17, 15) is 4.79 Å². The Bertz CT molecular complexity index is 322. The number of likely N-dealkylation sites (N-methyl/N-ethyl adjacent to an activating group) is 1. The van der Waals surface area contributed by atoms with Gasteiger partial charge in [-0.05, 0) is 13.0 Å². The maximum Gasteiger partial charge on any atom is 0.228 e. The third-order valence-electron chi connectivity index (χ3n) is 2.03. The van der Waals surface area contributed by atoms with Crippen molar-refractivity contribution in [3.63, 3.8) is 0 Å². The molecule has 1 amide bonds. The van der Waals surface area contributed by atoms with Crippen molar-refractivity contribution in [1.29, 1.82) is 0 Å². The maximum atomic E-state index is 11.4. The van der Waals surface area contributed by atoms with Crippen LogP contribution in [0, 0.1) is 0 Å². The van der Waals surface area contributed by atoms with E-state index in [0.717, 1.165) is 23.5 Å². The van der Waals surface area contributed by atoms with Gasteiger partial charge in [0.15, 0.2) is 0 Å². The Morgan fingerprint density at radius 2 is 2.33 bits per heavy atom. The molecule has 0 aromatic carbocycles. The highest BCUT2D eigenvalue weighted by Crippen LogP contribution is 2.12. The van der Waals surface area contributed by atoms with Gasteiger partial charge in [0.2, 0.25) is 5.91 Å². The van der Waals surface area contributed by atoms with Gasteiger partial charge in [-0.2, -0.15) is 0 Å². The quantitative estimate of drug-likeness (QED) is 0.804. The number of rotatable bonds is 5. The Labute approximate surface area is 94.1 Å². The molecule has 4 nitrogen and oxygen atoms in total. The molecule has 0 atom stereocenters. The van der Waals surface area contributed by atoms with Crippen LogP contribution < -0.4 is 5.73 Å². The molecule has 0 unspecified atom stereocenters. The number of aromatic nitrogens is 1. The summed E-state index contributed by atoms with van der Waals surface area (Å²) in [5, 5.41) is 3.02. The van der Waals surface area contributed by atoms with Gasteiger partial charge in [0, 0.05) is 25.9 Å². The average Bonchev–Trinajstić information content (AvgIpc) is 2.62. The molecule has 0 aliphatic rings. The van der Waals surface area contributed by atoms with Crippen LogP contribution in [0.4, 0.5) is 0 Å². The number of hydrogen-bond acceptors (Lipinski definition) is 4. The molecule has 0 aliphatic heterocycles. The Hall–Kier alpha value is -0.940. The standard InChI is InChI=1S/C10H17N3OS/c1-13(2)10(14)6-8-7-15-9(12-8)4-3-5-11/h7H,3-6,11H2,1-2H3. The maximum absolute atomic E-state index is 11.4. The van der Waals surface area contributed by atoms with Crippen LogP contribution in [0.3, 0.4) is 0 Å². The number of hydrogen-bond donors (Lipinski definition) is 1. The second-order valence-electron chi connectivity index (χ2n) is 3.59. The minimum Gasteiger partial charge on any atom is -0.348 e. The van der Waals surface area contributed by atoms with E-state index in [1.165, 1.54) is 0 Å². The number of carbonyl (C=O) groups excluding carboxylic acids is 1. The monoisotopic (exact) mass is 227 g/mol. The summed E-state index contributed by atoms with van der Waals surface area (Å²) in [6.45, 7) is 0.686. The second-order valence-corrected chi connectivity index (χ2v) is 4.53. The zero-order valence-corrected chi connectivity index (χ0v) is 10.0. The van der Waals surface area contributed by atoms with Crippen LogP contribution in [-0.4, -0.2) is 36.4 Å². The average molecular weight is 227 g/mol. The molecule has 0 bridgehead atoms. The molecular weight excluding hydrogens is 210 g/mol. The first-order chi connectivity index (χ1) is 7.13. The SMILES string of the molecule is CN(C)C(=O)Cc1csc(CCCN)n1. The van der Waals surface area contributed by atoms with E-state index < -0.39 is 0 Å². The summed E-state index contributed by atoms with van der Waals surface area (Å²) in [5.74, 6) is 0.0886. The molecule has 0 radical (unpaired) electrons. The first-order valence-electron chi connectivity index (χ1n) is 4.97. The number of carbonyl (C=O) groups is 1. The normalized spacial score (nSPS) is 10.3.